The molecule has 1 fully saturated rings. The molecular formula is C17H18N4O3S. The van der Waals surface area contributed by atoms with Crippen LogP contribution in [0.25, 0.3) is 11.1 Å². The second-order valence-electron chi connectivity index (χ2n) is 6.63. The lowest BCUT2D eigenvalue weighted by molar-refractivity contribution is 0.0952. The Kier molecular flexibility index (Phi) is 3.91. The summed E-state index contributed by atoms with van der Waals surface area (Å²) >= 11 is 1.08. The van der Waals surface area contributed by atoms with Crippen molar-refractivity contribution < 1.29 is 9.32 Å². The first-order valence-electron chi connectivity index (χ1n) is 8.28. The van der Waals surface area contributed by atoms with Crippen LogP contribution in [-0.4, -0.2) is 21.0 Å². The SMILES string of the molecule is CC(C)c1noc2nc(C3CC3)cc(C(=O)NCc3csc(=O)[nH]3)c12. The fourth-order valence-electron chi connectivity index (χ4n) is 2.82. The Morgan fingerprint density at radius 1 is 1.48 bits per heavy atom. The molecule has 1 aliphatic rings. The van der Waals surface area contributed by atoms with Gasteiger partial charge in [-0.25, -0.2) is 4.98 Å². The van der Waals surface area contributed by atoms with Crippen LogP contribution in [0.5, 0.6) is 0 Å². The molecule has 0 bridgehead atoms. The Morgan fingerprint density at radius 2 is 2.28 bits per heavy atom. The average molecular weight is 358 g/mol. The van der Waals surface area contributed by atoms with Crippen molar-refractivity contribution >= 4 is 28.3 Å². The molecule has 0 unspecified atom stereocenters. The quantitative estimate of drug-likeness (QED) is 0.730. The monoisotopic (exact) mass is 358 g/mol. The van der Waals surface area contributed by atoms with Gasteiger partial charge < -0.3 is 14.8 Å². The van der Waals surface area contributed by atoms with Gasteiger partial charge in [-0.15, -0.1) is 0 Å². The average Bonchev–Trinajstić information content (AvgIpc) is 3.21. The van der Waals surface area contributed by atoms with Crippen LogP contribution in [-0.2, 0) is 6.54 Å². The van der Waals surface area contributed by atoms with Gasteiger partial charge in [0.25, 0.3) is 11.6 Å². The Labute approximate surface area is 147 Å². The first kappa shape index (κ1) is 16.0. The summed E-state index contributed by atoms with van der Waals surface area (Å²) in [6.45, 7) is 4.27. The van der Waals surface area contributed by atoms with Crippen LogP contribution in [0, 0.1) is 0 Å². The van der Waals surface area contributed by atoms with E-state index in [0.29, 0.717) is 28.3 Å². The second kappa shape index (κ2) is 6.11. The number of nitrogens with one attached hydrogen (secondary N) is 2. The van der Waals surface area contributed by atoms with Crippen LogP contribution >= 0.6 is 11.3 Å². The number of rotatable bonds is 5. The fraction of sp³-hybridized carbons (Fsp3) is 0.412. The molecule has 1 amide bonds. The topological polar surface area (TPSA) is 101 Å². The molecule has 1 saturated carbocycles. The number of aromatic amines is 1. The van der Waals surface area contributed by atoms with Gasteiger partial charge >= 0.3 is 4.87 Å². The number of hydrogen-bond acceptors (Lipinski definition) is 6. The number of H-pyrrole nitrogens is 1. The molecule has 0 radical (unpaired) electrons. The summed E-state index contributed by atoms with van der Waals surface area (Å²) in [5, 5.41) is 9.36. The van der Waals surface area contributed by atoms with E-state index >= 15 is 0 Å². The molecule has 7 nitrogen and oxygen atoms in total. The molecule has 25 heavy (non-hydrogen) atoms. The number of hydrogen-bond donors (Lipinski definition) is 2. The van der Waals surface area contributed by atoms with Crippen molar-refractivity contribution in [3.8, 4) is 0 Å². The Bertz CT molecular complexity index is 997. The van der Waals surface area contributed by atoms with E-state index in [1.807, 2.05) is 19.9 Å². The second-order valence-corrected chi connectivity index (χ2v) is 7.47. The molecule has 0 aliphatic heterocycles. The van der Waals surface area contributed by atoms with Crippen LogP contribution in [0.1, 0.15) is 66.0 Å². The summed E-state index contributed by atoms with van der Waals surface area (Å²) < 4.78 is 5.40. The smallest absolute Gasteiger partial charge is 0.304 e. The molecule has 130 valence electrons. The maximum atomic E-state index is 12.8. The minimum absolute atomic E-state index is 0.120. The van der Waals surface area contributed by atoms with E-state index in [1.54, 1.807) is 5.38 Å². The maximum absolute atomic E-state index is 12.8. The van der Waals surface area contributed by atoms with Crippen LogP contribution in [0.4, 0.5) is 0 Å². The molecule has 8 heteroatoms. The summed E-state index contributed by atoms with van der Waals surface area (Å²) in [6.07, 6.45) is 2.17. The van der Waals surface area contributed by atoms with Crippen LogP contribution in [0.3, 0.4) is 0 Å². The highest BCUT2D eigenvalue weighted by atomic mass is 32.1. The highest BCUT2D eigenvalue weighted by Crippen LogP contribution is 2.41. The molecule has 1 aliphatic carbocycles. The van der Waals surface area contributed by atoms with Crippen molar-refractivity contribution in [2.45, 2.75) is 45.1 Å². The van der Waals surface area contributed by atoms with Gasteiger partial charge in [-0.05, 0) is 24.8 Å². The first-order chi connectivity index (χ1) is 12.0. The Balaban J connectivity index is 1.71. The molecule has 2 N–H and O–H groups in total. The van der Waals surface area contributed by atoms with Crippen molar-refractivity contribution in [3.05, 3.63) is 43.8 Å². The largest absolute Gasteiger partial charge is 0.346 e. The molecule has 3 aromatic rings. The van der Waals surface area contributed by atoms with E-state index in [4.69, 9.17) is 4.52 Å². The van der Waals surface area contributed by atoms with Crippen molar-refractivity contribution in [3.63, 3.8) is 0 Å². The molecule has 0 aromatic carbocycles. The summed E-state index contributed by atoms with van der Waals surface area (Å²) in [5.41, 5.74) is 3.26. The molecule has 0 spiro atoms. The number of carbonyl (C=O) groups is 1. The zero-order chi connectivity index (χ0) is 17.6. The number of carbonyl (C=O) groups excluding carboxylic acids is 1. The number of aromatic nitrogens is 3. The van der Waals surface area contributed by atoms with E-state index < -0.39 is 0 Å². The third kappa shape index (κ3) is 3.09. The Hall–Kier alpha value is -2.48. The highest BCUT2D eigenvalue weighted by Gasteiger charge is 2.29. The van der Waals surface area contributed by atoms with Crippen molar-refractivity contribution in [2.24, 2.45) is 0 Å². The van der Waals surface area contributed by atoms with Crippen molar-refractivity contribution in [1.29, 1.82) is 0 Å². The number of pyridine rings is 1. The standard InChI is InChI=1S/C17H18N4O3S/c1-8(2)14-13-11(15(22)18-6-10-7-25-17(23)19-10)5-12(9-3-4-9)20-16(13)24-21-14/h5,7-9H,3-4,6H2,1-2H3,(H,18,22)(H,19,23). The number of fused-ring (bicyclic) bond motifs is 1. The van der Waals surface area contributed by atoms with Crippen LogP contribution < -0.4 is 10.2 Å². The maximum Gasteiger partial charge on any atom is 0.304 e. The molecular weight excluding hydrogens is 340 g/mol. The van der Waals surface area contributed by atoms with E-state index in [2.05, 4.69) is 20.4 Å². The van der Waals surface area contributed by atoms with E-state index in [9.17, 15) is 9.59 Å². The summed E-state index contributed by atoms with van der Waals surface area (Å²) in [4.78, 5) is 31.1. The summed E-state index contributed by atoms with van der Waals surface area (Å²) in [5.74, 6) is 0.304. The molecule has 3 heterocycles. The van der Waals surface area contributed by atoms with Gasteiger partial charge in [0.1, 0.15) is 0 Å². The lowest BCUT2D eigenvalue weighted by Crippen LogP contribution is -2.24. The van der Waals surface area contributed by atoms with Crippen LogP contribution in [0.2, 0.25) is 0 Å². The lowest BCUT2D eigenvalue weighted by Gasteiger charge is -2.08. The predicted octanol–water partition coefficient (Wildman–Crippen LogP) is 2.90. The molecule has 0 saturated heterocycles. The summed E-state index contributed by atoms with van der Waals surface area (Å²) in [6, 6.07) is 1.86. The van der Waals surface area contributed by atoms with Gasteiger partial charge in [0.05, 0.1) is 23.2 Å². The minimum Gasteiger partial charge on any atom is -0.346 e. The zero-order valence-corrected chi connectivity index (χ0v) is 14.8. The van der Waals surface area contributed by atoms with Crippen LogP contribution in [0.15, 0.2) is 20.8 Å². The van der Waals surface area contributed by atoms with E-state index in [-0.39, 0.29) is 23.2 Å². The van der Waals surface area contributed by atoms with Gasteiger partial charge in [-0.1, -0.05) is 30.3 Å². The van der Waals surface area contributed by atoms with Crippen molar-refractivity contribution in [1.82, 2.24) is 20.4 Å². The third-order valence-electron chi connectivity index (χ3n) is 4.29. The van der Waals surface area contributed by atoms with Gasteiger partial charge in [0.2, 0.25) is 0 Å². The summed E-state index contributed by atoms with van der Waals surface area (Å²) in [7, 11) is 0. The number of nitrogens with zero attached hydrogens (tertiary/aromatic N) is 2. The molecule has 0 atom stereocenters. The lowest BCUT2D eigenvalue weighted by atomic mass is 10.0. The first-order valence-corrected chi connectivity index (χ1v) is 9.16. The van der Waals surface area contributed by atoms with Crippen molar-refractivity contribution in [2.75, 3.05) is 0 Å². The minimum atomic E-state index is -0.216. The van der Waals surface area contributed by atoms with E-state index in [0.717, 1.165) is 35.6 Å². The fourth-order valence-corrected chi connectivity index (χ4v) is 3.41. The van der Waals surface area contributed by atoms with Gasteiger partial charge in [-0.2, -0.15) is 0 Å². The normalized spacial score (nSPS) is 14.4. The zero-order valence-electron chi connectivity index (χ0n) is 14.0. The third-order valence-corrected chi connectivity index (χ3v) is 5.01. The van der Waals surface area contributed by atoms with Gasteiger partial charge in [0, 0.05) is 22.7 Å². The number of amides is 1. The van der Waals surface area contributed by atoms with Gasteiger partial charge in [-0.3, -0.25) is 9.59 Å². The Morgan fingerprint density at radius 3 is 2.92 bits per heavy atom. The molecule has 4 rings (SSSR count). The molecule has 3 aromatic heterocycles. The van der Waals surface area contributed by atoms with Gasteiger partial charge in [0.15, 0.2) is 0 Å². The predicted molar refractivity (Wildman–Crippen MR) is 94.0 cm³/mol. The number of thiazole rings is 1. The van der Waals surface area contributed by atoms with E-state index in [1.165, 1.54) is 0 Å². The highest BCUT2D eigenvalue weighted by molar-refractivity contribution is 7.07.